The molecule has 8 nitrogen and oxygen atoms in total. The van der Waals surface area contributed by atoms with Crippen LogP contribution in [0.15, 0.2) is 60.7 Å². The Morgan fingerprint density at radius 1 is 1.03 bits per heavy atom. The van der Waals surface area contributed by atoms with E-state index in [4.69, 9.17) is 0 Å². The molecule has 2 aromatic carbocycles. The van der Waals surface area contributed by atoms with Crippen LogP contribution in [0.25, 0.3) is 0 Å². The number of urea groups is 2. The molecular formula is C23H26N4O4. The third kappa shape index (κ3) is 4.91. The summed E-state index contributed by atoms with van der Waals surface area (Å²) in [4.78, 5) is 51.3. The zero-order chi connectivity index (χ0) is 22.4. The first-order valence-electron chi connectivity index (χ1n) is 10.2. The first-order valence-corrected chi connectivity index (χ1v) is 10.2. The molecule has 3 N–H and O–H groups in total. The number of hydrogen-bond acceptors (Lipinski definition) is 4. The van der Waals surface area contributed by atoms with Gasteiger partial charge in [-0.1, -0.05) is 67.6 Å². The number of amides is 6. The fourth-order valence-electron chi connectivity index (χ4n) is 3.48. The number of rotatable bonds is 7. The van der Waals surface area contributed by atoms with Crippen molar-refractivity contribution < 1.29 is 19.2 Å². The van der Waals surface area contributed by atoms with Gasteiger partial charge in [-0.2, -0.15) is 0 Å². The lowest BCUT2D eigenvalue weighted by Crippen LogP contribution is -2.49. The molecule has 0 bridgehead atoms. The van der Waals surface area contributed by atoms with Crippen LogP contribution < -0.4 is 16.0 Å². The summed E-state index contributed by atoms with van der Waals surface area (Å²) in [6.07, 6.45) is 0.933. The quantitative estimate of drug-likeness (QED) is 0.595. The number of carbonyl (C=O) groups is 4. The molecule has 2 atom stereocenters. The molecule has 0 aromatic heterocycles. The monoisotopic (exact) mass is 422 g/mol. The molecule has 0 aliphatic carbocycles. The second-order valence-electron chi connectivity index (χ2n) is 7.59. The largest absolute Gasteiger partial charge is 0.335 e. The second kappa shape index (κ2) is 9.42. The first-order chi connectivity index (χ1) is 14.9. The number of benzene rings is 2. The predicted molar refractivity (Wildman–Crippen MR) is 115 cm³/mol. The van der Waals surface area contributed by atoms with Crippen molar-refractivity contribution in [1.82, 2.24) is 20.9 Å². The van der Waals surface area contributed by atoms with Crippen LogP contribution in [0.4, 0.5) is 9.59 Å². The topological polar surface area (TPSA) is 108 Å². The van der Waals surface area contributed by atoms with Gasteiger partial charge in [-0.25, -0.2) is 9.59 Å². The van der Waals surface area contributed by atoms with Crippen molar-refractivity contribution in [3.63, 3.8) is 0 Å². The van der Waals surface area contributed by atoms with Gasteiger partial charge in [-0.3, -0.25) is 19.8 Å². The van der Waals surface area contributed by atoms with Crippen molar-refractivity contribution in [2.24, 2.45) is 0 Å². The maximum Gasteiger partial charge on any atom is 0.325 e. The number of nitrogens with zero attached hydrogens (tertiary/aromatic N) is 1. The van der Waals surface area contributed by atoms with Crippen LogP contribution in [0, 0.1) is 0 Å². The summed E-state index contributed by atoms with van der Waals surface area (Å²) in [6.45, 7) is 3.15. The van der Waals surface area contributed by atoms with E-state index >= 15 is 0 Å². The van der Waals surface area contributed by atoms with Crippen LogP contribution in [0.5, 0.6) is 0 Å². The van der Waals surface area contributed by atoms with Gasteiger partial charge in [0.2, 0.25) is 5.91 Å². The van der Waals surface area contributed by atoms with Crippen LogP contribution in [-0.2, 0) is 21.5 Å². The Bertz CT molecular complexity index is 964. The van der Waals surface area contributed by atoms with E-state index in [2.05, 4.69) is 16.0 Å². The van der Waals surface area contributed by atoms with Crippen LogP contribution in [0.1, 0.15) is 31.4 Å². The van der Waals surface area contributed by atoms with Crippen molar-refractivity contribution in [3.8, 4) is 0 Å². The SMILES string of the molecule is CC[C@H](C)NC(=O)NC(=O)CN1C(=O)N[C@@](Cc2ccccc2)(c2ccccc2)C1=O. The highest BCUT2D eigenvalue weighted by molar-refractivity contribution is 6.10. The van der Waals surface area contributed by atoms with E-state index in [1.807, 2.05) is 43.3 Å². The van der Waals surface area contributed by atoms with E-state index < -0.39 is 36.0 Å². The minimum atomic E-state index is -1.33. The van der Waals surface area contributed by atoms with Crippen LogP contribution in [0.2, 0.25) is 0 Å². The summed E-state index contributed by atoms with van der Waals surface area (Å²) in [5.41, 5.74) is 0.146. The lowest BCUT2D eigenvalue weighted by atomic mass is 9.83. The van der Waals surface area contributed by atoms with Crippen LogP contribution >= 0.6 is 0 Å². The predicted octanol–water partition coefficient (Wildman–Crippen LogP) is 2.30. The van der Waals surface area contributed by atoms with Crippen molar-refractivity contribution in [2.75, 3.05) is 6.54 Å². The zero-order valence-corrected chi connectivity index (χ0v) is 17.6. The van der Waals surface area contributed by atoms with Gasteiger partial charge in [0.15, 0.2) is 5.54 Å². The maximum atomic E-state index is 13.5. The number of carbonyl (C=O) groups excluding carboxylic acids is 4. The van der Waals surface area contributed by atoms with Gasteiger partial charge in [0.25, 0.3) is 5.91 Å². The molecule has 0 saturated carbocycles. The number of imide groups is 2. The summed E-state index contributed by atoms with van der Waals surface area (Å²) in [5, 5.41) is 7.56. The van der Waals surface area contributed by atoms with E-state index in [1.54, 1.807) is 31.2 Å². The van der Waals surface area contributed by atoms with Crippen molar-refractivity contribution in [1.29, 1.82) is 0 Å². The minimum Gasteiger partial charge on any atom is -0.335 e. The van der Waals surface area contributed by atoms with Gasteiger partial charge < -0.3 is 10.6 Å². The Morgan fingerprint density at radius 3 is 2.26 bits per heavy atom. The van der Waals surface area contributed by atoms with Gasteiger partial charge in [-0.05, 0) is 24.5 Å². The van der Waals surface area contributed by atoms with E-state index in [0.29, 0.717) is 12.0 Å². The Hall–Kier alpha value is -3.68. The van der Waals surface area contributed by atoms with E-state index in [9.17, 15) is 19.2 Å². The summed E-state index contributed by atoms with van der Waals surface area (Å²) in [7, 11) is 0. The Balaban J connectivity index is 1.82. The van der Waals surface area contributed by atoms with E-state index in [-0.39, 0.29) is 12.5 Å². The fraction of sp³-hybridized carbons (Fsp3) is 0.304. The molecule has 1 aliphatic heterocycles. The Morgan fingerprint density at radius 2 is 1.65 bits per heavy atom. The molecule has 0 radical (unpaired) electrons. The lowest BCUT2D eigenvalue weighted by molar-refractivity contribution is -0.135. The summed E-state index contributed by atoms with van der Waals surface area (Å²) < 4.78 is 0. The molecule has 162 valence electrons. The fourth-order valence-corrected chi connectivity index (χ4v) is 3.48. The molecule has 1 heterocycles. The van der Waals surface area contributed by atoms with Crippen molar-refractivity contribution in [2.45, 2.75) is 38.3 Å². The highest BCUT2D eigenvalue weighted by Crippen LogP contribution is 2.32. The molecule has 3 rings (SSSR count). The summed E-state index contributed by atoms with van der Waals surface area (Å²) in [5.74, 6) is -1.28. The molecule has 0 unspecified atom stereocenters. The summed E-state index contributed by atoms with van der Waals surface area (Å²) in [6, 6.07) is 16.8. The Labute approximate surface area is 181 Å². The van der Waals surface area contributed by atoms with Crippen molar-refractivity contribution in [3.05, 3.63) is 71.8 Å². The van der Waals surface area contributed by atoms with Crippen LogP contribution in [0.3, 0.4) is 0 Å². The molecule has 1 aliphatic rings. The van der Waals surface area contributed by atoms with Crippen LogP contribution in [-0.4, -0.2) is 41.4 Å². The first kappa shape index (κ1) is 22.0. The molecule has 1 fully saturated rings. The third-order valence-electron chi connectivity index (χ3n) is 5.30. The number of hydrogen-bond donors (Lipinski definition) is 3. The third-order valence-corrected chi connectivity index (χ3v) is 5.30. The van der Waals surface area contributed by atoms with Crippen molar-refractivity contribution >= 4 is 23.9 Å². The molecule has 31 heavy (non-hydrogen) atoms. The highest BCUT2D eigenvalue weighted by atomic mass is 16.2. The molecule has 2 aromatic rings. The maximum absolute atomic E-state index is 13.5. The lowest BCUT2D eigenvalue weighted by Gasteiger charge is -2.27. The van der Waals surface area contributed by atoms with Gasteiger partial charge in [0.05, 0.1) is 0 Å². The highest BCUT2D eigenvalue weighted by Gasteiger charge is 2.52. The van der Waals surface area contributed by atoms with E-state index in [1.165, 1.54) is 0 Å². The number of nitrogens with one attached hydrogen (secondary N) is 3. The molecule has 6 amide bonds. The summed E-state index contributed by atoms with van der Waals surface area (Å²) >= 11 is 0. The zero-order valence-electron chi connectivity index (χ0n) is 17.6. The Kier molecular flexibility index (Phi) is 6.69. The molecule has 0 spiro atoms. The van der Waals surface area contributed by atoms with E-state index in [0.717, 1.165) is 10.5 Å². The van der Waals surface area contributed by atoms with Gasteiger partial charge in [0, 0.05) is 12.5 Å². The normalized spacial score (nSPS) is 19.0. The molecule has 8 heteroatoms. The smallest absolute Gasteiger partial charge is 0.325 e. The average Bonchev–Trinajstić information content (AvgIpc) is 2.99. The van der Waals surface area contributed by atoms with Gasteiger partial charge in [0.1, 0.15) is 6.54 Å². The molecular weight excluding hydrogens is 396 g/mol. The molecule has 1 saturated heterocycles. The average molecular weight is 422 g/mol. The van der Waals surface area contributed by atoms with Gasteiger partial charge >= 0.3 is 12.1 Å². The second-order valence-corrected chi connectivity index (χ2v) is 7.59. The standard InChI is InChI=1S/C23H26N4O4/c1-3-16(2)24-21(30)25-19(28)15-27-20(29)23(26-22(27)31,18-12-8-5-9-13-18)14-17-10-6-4-7-11-17/h4-13,16H,3,14-15H2,1-2H3,(H,26,31)(H2,24,25,28,30)/t16-,23-/m0/s1. The minimum absolute atomic E-state index is 0.110. The van der Waals surface area contributed by atoms with Gasteiger partial charge in [-0.15, -0.1) is 0 Å².